The van der Waals surface area contributed by atoms with Crippen LogP contribution in [0.15, 0.2) is 18.2 Å². The van der Waals surface area contributed by atoms with E-state index in [0.717, 1.165) is 29.9 Å². The number of ether oxygens (including phenoxy) is 1. The Bertz CT molecular complexity index is 415. The summed E-state index contributed by atoms with van der Waals surface area (Å²) in [7, 11) is 0. The molecule has 0 fully saturated rings. The largest absolute Gasteiger partial charge is 0.493 e. The van der Waals surface area contributed by atoms with Crippen molar-refractivity contribution < 1.29 is 4.74 Å². The molecule has 3 nitrogen and oxygen atoms in total. The van der Waals surface area contributed by atoms with Crippen LogP contribution in [0, 0.1) is 12.3 Å². The van der Waals surface area contributed by atoms with E-state index in [2.05, 4.69) is 6.92 Å². The Balaban J connectivity index is 2.24. The second kappa shape index (κ2) is 9.40. The number of nitrogens with one attached hydrogen (secondary N) is 1. The molecule has 3 heteroatoms. The number of hydrogen-bond acceptors (Lipinski definition) is 2. The van der Waals surface area contributed by atoms with Gasteiger partial charge in [0.1, 0.15) is 11.6 Å². The summed E-state index contributed by atoms with van der Waals surface area (Å²) in [5, 5.41) is 7.45. The van der Waals surface area contributed by atoms with Gasteiger partial charge in [0, 0.05) is 5.56 Å². The van der Waals surface area contributed by atoms with Crippen LogP contribution in [-0.4, -0.2) is 12.4 Å². The van der Waals surface area contributed by atoms with Gasteiger partial charge in [0.25, 0.3) is 0 Å². The summed E-state index contributed by atoms with van der Waals surface area (Å²) in [4.78, 5) is 0. The summed E-state index contributed by atoms with van der Waals surface area (Å²) in [5.74, 6) is 0.939. The Labute approximate surface area is 123 Å². The quantitative estimate of drug-likeness (QED) is 0.378. The molecule has 0 amide bonds. The standard InChI is InChI=1S/C17H28N2O/c1-3-4-5-6-7-8-9-12-20-16-13-15(17(18)19)11-10-14(16)2/h10-11,13H,3-9,12H2,1-2H3,(H3,18,19). The highest BCUT2D eigenvalue weighted by atomic mass is 16.5. The summed E-state index contributed by atoms with van der Waals surface area (Å²) in [6, 6.07) is 5.67. The predicted molar refractivity (Wildman–Crippen MR) is 85.7 cm³/mol. The Hall–Kier alpha value is -1.51. The molecule has 0 aliphatic carbocycles. The molecule has 0 radical (unpaired) electrons. The van der Waals surface area contributed by atoms with Gasteiger partial charge < -0.3 is 10.5 Å². The van der Waals surface area contributed by atoms with Crippen LogP contribution < -0.4 is 10.5 Å². The highest BCUT2D eigenvalue weighted by Crippen LogP contribution is 2.20. The number of nitrogen functional groups attached to an aromatic ring is 1. The van der Waals surface area contributed by atoms with Gasteiger partial charge in [-0.15, -0.1) is 0 Å². The smallest absolute Gasteiger partial charge is 0.122 e. The number of unbranched alkanes of at least 4 members (excludes halogenated alkanes) is 6. The molecule has 0 heterocycles. The number of aryl methyl sites for hydroxylation is 1. The van der Waals surface area contributed by atoms with E-state index in [4.69, 9.17) is 15.9 Å². The zero-order valence-electron chi connectivity index (χ0n) is 12.9. The monoisotopic (exact) mass is 276 g/mol. The van der Waals surface area contributed by atoms with Crippen LogP contribution in [0.1, 0.15) is 63.0 Å². The second-order valence-corrected chi connectivity index (χ2v) is 5.36. The van der Waals surface area contributed by atoms with E-state index in [1.807, 2.05) is 25.1 Å². The molecule has 0 aliphatic heterocycles. The maximum atomic E-state index is 7.45. The van der Waals surface area contributed by atoms with Crippen LogP contribution in [0.3, 0.4) is 0 Å². The topological polar surface area (TPSA) is 59.1 Å². The fourth-order valence-corrected chi connectivity index (χ4v) is 2.16. The van der Waals surface area contributed by atoms with Crippen LogP contribution in [0.5, 0.6) is 5.75 Å². The first-order chi connectivity index (χ1) is 9.65. The van der Waals surface area contributed by atoms with Crippen molar-refractivity contribution in [2.45, 2.75) is 58.8 Å². The zero-order chi connectivity index (χ0) is 14.8. The normalized spacial score (nSPS) is 10.5. The van der Waals surface area contributed by atoms with Gasteiger partial charge in [-0.1, -0.05) is 57.6 Å². The number of rotatable bonds is 10. The number of benzene rings is 1. The fraction of sp³-hybridized carbons (Fsp3) is 0.588. The van der Waals surface area contributed by atoms with E-state index < -0.39 is 0 Å². The van der Waals surface area contributed by atoms with Gasteiger partial charge in [-0.3, -0.25) is 5.41 Å². The number of nitrogens with two attached hydrogens (primary N) is 1. The summed E-state index contributed by atoms with van der Waals surface area (Å²) in [6.45, 7) is 5.01. The molecule has 0 atom stereocenters. The molecule has 1 aromatic rings. The summed E-state index contributed by atoms with van der Waals surface area (Å²) in [5.41, 5.74) is 7.32. The highest BCUT2D eigenvalue weighted by molar-refractivity contribution is 5.95. The van der Waals surface area contributed by atoms with Gasteiger partial charge in [-0.25, -0.2) is 0 Å². The summed E-state index contributed by atoms with van der Waals surface area (Å²) < 4.78 is 5.80. The minimum Gasteiger partial charge on any atom is -0.493 e. The molecule has 0 spiro atoms. The van der Waals surface area contributed by atoms with Crippen LogP contribution in [0.2, 0.25) is 0 Å². The lowest BCUT2D eigenvalue weighted by atomic mass is 10.1. The third-order valence-electron chi connectivity index (χ3n) is 3.50. The lowest BCUT2D eigenvalue weighted by molar-refractivity contribution is 0.302. The van der Waals surface area contributed by atoms with E-state index >= 15 is 0 Å². The van der Waals surface area contributed by atoms with Crippen molar-refractivity contribution in [1.29, 1.82) is 5.41 Å². The number of amidine groups is 1. The van der Waals surface area contributed by atoms with Crippen molar-refractivity contribution in [3.63, 3.8) is 0 Å². The molecule has 1 aromatic carbocycles. The zero-order valence-corrected chi connectivity index (χ0v) is 12.9. The average Bonchev–Trinajstić information content (AvgIpc) is 2.43. The molecular formula is C17H28N2O. The van der Waals surface area contributed by atoms with Gasteiger partial charge in [0.05, 0.1) is 6.61 Å². The Morgan fingerprint density at radius 2 is 1.75 bits per heavy atom. The van der Waals surface area contributed by atoms with E-state index in [0.29, 0.717) is 0 Å². The Kier molecular flexibility index (Phi) is 7.78. The van der Waals surface area contributed by atoms with Crippen LogP contribution in [0.4, 0.5) is 0 Å². The molecule has 20 heavy (non-hydrogen) atoms. The van der Waals surface area contributed by atoms with E-state index in [9.17, 15) is 0 Å². The van der Waals surface area contributed by atoms with Gasteiger partial charge in [0.2, 0.25) is 0 Å². The Morgan fingerprint density at radius 3 is 2.40 bits per heavy atom. The van der Waals surface area contributed by atoms with E-state index in [1.165, 1.54) is 38.5 Å². The van der Waals surface area contributed by atoms with E-state index in [1.54, 1.807) is 0 Å². The molecular weight excluding hydrogens is 248 g/mol. The van der Waals surface area contributed by atoms with Crippen molar-refractivity contribution in [3.8, 4) is 5.75 Å². The third kappa shape index (κ3) is 6.09. The first-order valence-corrected chi connectivity index (χ1v) is 7.73. The first-order valence-electron chi connectivity index (χ1n) is 7.73. The van der Waals surface area contributed by atoms with Gasteiger partial charge in [-0.2, -0.15) is 0 Å². The van der Waals surface area contributed by atoms with Gasteiger partial charge in [-0.05, 0) is 25.0 Å². The van der Waals surface area contributed by atoms with Crippen LogP contribution >= 0.6 is 0 Å². The lowest BCUT2D eigenvalue weighted by Gasteiger charge is -2.10. The summed E-state index contributed by atoms with van der Waals surface area (Å²) >= 11 is 0. The van der Waals surface area contributed by atoms with E-state index in [-0.39, 0.29) is 5.84 Å². The second-order valence-electron chi connectivity index (χ2n) is 5.36. The molecule has 112 valence electrons. The number of hydrogen-bond donors (Lipinski definition) is 2. The summed E-state index contributed by atoms with van der Waals surface area (Å²) in [6.07, 6.45) is 8.98. The van der Waals surface area contributed by atoms with Crippen molar-refractivity contribution in [3.05, 3.63) is 29.3 Å². The Morgan fingerprint density at radius 1 is 1.10 bits per heavy atom. The van der Waals surface area contributed by atoms with Crippen molar-refractivity contribution in [2.24, 2.45) is 5.73 Å². The van der Waals surface area contributed by atoms with Gasteiger partial charge in [0.15, 0.2) is 0 Å². The maximum absolute atomic E-state index is 7.45. The average molecular weight is 276 g/mol. The van der Waals surface area contributed by atoms with Crippen LogP contribution in [-0.2, 0) is 0 Å². The molecule has 0 saturated heterocycles. The minimum atomic E-state index is 0.0887. The third-order valence-corrected chi connectivity index (χ3v) is 3.50. The molecule has 0 unspecified atom stereocenters. The van der Waals surface area contributed by atoms with Crippen molar-refractivity contribution >= 4 is 5.84 Å². The molecule has 0 aromatic heterocycles. The molecule has 0 bridgehead atoms. The first kappa shape index (κ1) is 16.5. The minimum absolute atomic E-state index is 0.0887. The van der Waals surface area contributed by atoms with Crippen molar-refractivity contribution in [1.82, 2.24) is 0 Å². The maximum Gasteiger partial charge on any atom is 0.122 e. The van der Waals surface area contributed by atoms with Gasteiger partial charge >= 0.3 is 0 Å². The molecule has 3 N–H and O–H groups in total. The lowest BCUT2D eigenvalue weighted by Crippen LogP contribution is -2.11. The molecule has 0 aliphatic rings. The fourth-order valence-electron chi connectivity index (χ4n) is 2.16. The molecule has 1 rings (SSSR count). The van der Waals surface area contributed by atoms with Crippen molar-refractivity contribution in [2.75, 3.05) is 6.61 Å². The predicted octanol–water partition coefficient (Wildman–Crippen LogP) is 4.41. The highest BCUT2D eigenvalue weighted by Gasteiger charge is 2.03. The molecule has 0 saturated carbocycles. The SMILES string of the molecule is CCCCCCCCCOc1cc(C(=N)N)ccc1C. The van der Waals surface area contributed by atoms with Crippen LogP contribution in [0.25, 0.3) is 0 Å².